The minimum Gasteiger partial charge on any atom is -0.388 e. The highest BCUT2D eigenvalue weighted by Gasteiger charge is 2.37. The summed E-state index contributed by atoms with van der Waals surface area (Å²) in [6.07, 6.45) is 2.16. The van der Waals surface area contributed by atoms with Gasteiger partial charge in [0.1, 0.15) is 5.82 Å². The molecule has 0 saturated carbocycles. The summed E-state index contributed by atoms with van der Waals surface area (Å²) in [6.45, 7) is 8.86. The zero-order valence-corrected chi connectivity index (χ0v) is 13.7. The molecule has 0 aliphatic carbocycles. The Hall–Kier alpha value is -1.40. The maximum absolute atomic E-state index is 10.2. The van der Waals surface area contributed by atoms with Crippen LogP contribution in [0.5, 0.6) is 0 Å². The summed E-state index contributed by atoms with van der Waals surface area (Å²) in [6, 6.07) is 0. The Morgan fingerprint density at radius 2 is 1.77 bits per heavy atom. The van der Waals surface area contributed by atoms with E-state index in [9.17, 15) is 10.2 Å². The van der Waals surface area contributed by atoms with Gasteiger partial charge in [0, 0.05) is 37.4 Å². The molecule has 2 N–H and O–H groups in total. The van der Waals surface area contributed by atoms with Gasteiger partial charge in [-0.25, -0.2) is 4.98 Å². The van der Waals surface area contributed by atoms with Crippen LogP contribution >= 0.6 is 0 Å². The molecular formula is C16H26N4O2. The van der Waals surface area contributed by atoms with E-state index in [4.69, 9.17) is 4.98 Å². The highest BCUT2D eigenvalue weighted by atomic mass is 16.3. The number of rotatable bonds is 2. The third-order valence-electron chi connectivity index (χ3n) is 5.04. The predicted molar refractivity (Wildman–Crippen MR) is 86.4 cm³/mol. The van der Waals surface area contributed by atoms with Crippen LogP contribution in [-0.4, -0.2) is 58.1 Å². The van der Waals surface area contributed by atoms with Gasteiger partial charge in [0.25, 0.3) is 0 Å². The van der Waals surface area contributed by atoms with Gasteiger partial charge in [-0.05, 0) is 40.0 Å². The maximum atomic E-state index is 10.2. The fourth-order valence-electron chi connectivity index (χ4n) is 3.18. The molecule has 3 rings (SSSR count). The van der Waals surface area contributed by atoms with Crippen LogP contribution in [0.15, 0.2) is 0 Å². The van der Waals surface area contributed by atoms with Crippen LogP contribution in [0.1, 0.15) is 37.4 Å². The van der Waals surface area contributed by atoms with E-state index in [-0.39, 0.29) is 0 Å². The highest BCUT2D eigenvalue weighted by molar-refractivity contribution is 5.53. The molecular weight excluding hydrogens is 280 g/mol. The largest absolute Gasteiger partial charge is 0.388 e. The Morgan fingerprint density at radius 1 is 1.09 bits per heavy atom. The first-order valence-electron chi connectivity index (χ1n) is 8.14. The van der Waals surface area contributed by atoms with Crippen LogP contribution in [0, 0.1) is 13.8 Å². The monoisotopic (exact) mass is 306 g/mol. The molecule has 2 aliphatic heterocycles. The maximum Gasteiger partial charge on any atom is 0.227 e. The number of hydrogen-bond donors (Lipinski definition) is 2. The van der Waals surface area contributed by atoms with E-state index >= 15 is 0 Å². The van der Waals surface area contributed by atoms with Crippen molar-refractivity contribution in [1.29, 1.82) is 0 Å². The van der Waals surface area contributed by atoms with Crippen LogP contribution in [0.2, 0.25) is 0 Å². The van der Waals surface area contributed by atoms with Crippen molar-refractivity contribution in [2.45, 2.75) is 51.7 Å². The second-order valence-electron chi connectivity index (χ2n) is 6.82. The quantitative estimate of drug-likeness (QED) is 0.850. The van der Waals surface area contributed by atoms with E-state index in [1.807, 2.05) is 13.8 Å². The Labute approximate surface area is 131 Å². The van der Waals surface area contributed by atoms with Crippen LogP contribution in [0.25, 0.3) is 0 Å². The van der Waals surface area contributed by atoms with Crippen LogP contribution in [0.4, 0.5) is 11.8 Å². The minimum atomic E-state index is -1.01. The summed E-state index contributed by atoms with van der Waals surface area (Å²) >= 11 is 0. The third-order valence-corrected chi connectivity index (χ3v) is 5.04. The van der Waals surface area contributed by atoms with Crippen LogP contribution < -0.4 is 9.80 Å². The van der Waals surface area contributed by atoms with Gasteiger partial charge in [-0.15, -0.1) is 0 Å². The molecule has 0 aromatic carbocycles. The molecule has 2 atom stereocenters. The number of anilines is 2. The number of nitrogens with zero attached hydrogens (tertiary/aromatic N) is 4. The molecule has 2 saturated heterocycles. The first-order valence-corrected chi connectivity index (χ1v) is 8.14. The van der Waals surface area contributed by atoms with Crippen molar-refractivity contribution < 1.29 is 10.2 Å². The number of hydrogen-bond acceptors (Lipinski definition) is 6. The molecule has 0 radical (unpaired) electrons. The minimum absolute atomic E-state index is 0.406. The summed E-state index contributed by atoms with van der Waals surface area (Å²) < 4.78 is 0. The lowest BCUT2D eigenvalue weighted by Crippen LogP contribution is -2.54. The topological polar surface area (TPSA) is 72.7 Å². The number of β-amino-alcohol motifs (C(OH)–C–C–N with tert-alkyl or cyclic N) is 1. The number of aryl methyl sites for hydroxylation is 1. The zero-order valence-electron chi connectivity index (χ0n) is 13.7. The van der Waals surface area contributed by atoms with Gasteiger partial charge < -0.3 is 20.0 Å². The van der Waals surface area contributed by atoms with Crippen LogP contribution in [0.3, 0.4) is 0 Å². The molecule has 0 spiro atoms. The molecule has 0 amide bonds. The Bertz CT molecular complexity index is 555. The van der Waals surface area contributed by atoms with E-state index in [0.29, 0.717) is 19.5 Å². The number of piperidine rings is 1. The van der Waals surface area contributed by atoms with E-state index < -0.39 is 11.7 Å². The van der Waals surface area contributed by atoms with Gasteiger partial charge in [-0.2, -0.15) is 4.98 Å². The molecule has 3 heterocycles. The highest BCUT2D eigenvalue weighted by Crippen LogP contribution is 2.30. The first kappa shape index (κ1) is 15.5. The molecule has 0 bridgehead atoms. The molecule has 6 heteroatoms. The SMILES string of the molecule is Cc1nc(N2CCCC2)nc(N2CC[C@](C)(O)[C@H](O)C2)c1C. The first-order chi connectivity index (χ1) is 10.4. The molecule has 0 unspecified atom stereocenters. The van der Waals surface area contributed by atoms with E-state index in [1.54, 1.807) is 6.92 Å². The van der Waals surface area contributed by atoms with Crippen molar-refractivity contribution in [2.24, 2.45) is 0 Å². The van der Waals surface area contributed by atoms with E-state index in [1.165, 1.54) is 12.8 Å². The Kier molecular flexibility index (Phi) is 3.99. The smallest absolute Gasteiger partial charge is 0.227 e. The second kappa shape index (κ2) is 5.66. The van der Waals surface area contributed by atoms with Crippen molar-refractivity contribution in [2.75, 3.05) is 36.0 Å². The van der Waals surface area contributed by atoms with Crippen molar-refractivity contribution in [1.82, 2.24) is 9.97 Å². The van der Waals surface area contributed by atoms with Gasteiger partial charge in [-0.1, -0.05) is 0 Å². The molecule has 2 fully saturated rings. The summed E-state index contributed by atoms with van der Waals surface area (Å²) in [5.41, 5.74) is 1.03. The van der Waals surface area contributed by atoms with Crippen molar-refractivity contribution in [3.8, 4) is 0 Å². The average molecular weight is 306 g/mol. The van der Waals surface area contributed by atoms with Crippen LogP contribution in [-0.2, 0) is 0 Å². The number of aromatic nitrogens is 2. The van der Waals surface area contributed by atoms with Crippen molar-refractivity contribution >= 4 is 11.8 Å². The van der Waals surface area contributed by atoms with E-state index in [2.05, 4.69) is 14.8 Å². The van der Waals surface area contributed by atoms with Crippen molar-refractivity contribution in [3.05, 3.63) is 11.3 Å². The van der Waals surface area contributed by atoms with Gasteiger partial charge >= 0.3 is 0 Å². The Morgan fingerprint density at radius 3 is 2.41 bits per heavy atom. The predicted octanol–water partition coefficient (Wildman–Crippen LogP) is 1.02. The normalized spacial score (nSPS) is 29.2. The van der Waals surface area contributed by atoms with Gasteiger partial charge in [0.2, 0.25) is 5.95 Å². The number of aliphatic hydroxyl groups is 2. The van der Waals surface area contributed by atoms with E-state index in [0.717, 1.165) is 36.1 Å². The lowest BCUT2D eigenvalue weighted by molar-refractivity contribution is -0.0723. The zero-order chi connectivity index (χ0) is 15.9. The van der Waals surface area contributed by atoms with Gasteiger partial charge in [0.05, 0.1) is 11.7 Å². The third kappa shape index (κ3) is 2.77. The molecule has 22 heavy (non-hydrogen) atoms. The molecule has 2 aliphatic rings. The lowest BCUT2D eigenvalue weighted by atomic mass is 9.90. The second-order valence-corrected chi connectivity index (χ2v) is 6.82. The Balaban J connectivity index is 1.89. The summed E-state index contributed by atoms with van der Waals surface area (Å²) in [4.78, 5) is 13.7. The lowest BCUT2D eigenvalue weighted by Gasteiger charge is -2.41. The summed E-state index contributed by atoms with van der Waals surface area (Å²) in [5.74, 6) is 1.69. The molecule has 6 nitrogen and oxygen atoms in total. The standard InChI is InChI=1S/C16H26N4O2/c1-11-12(2)17-15(19-7-4-5-8-19)18-14(11)20-9-6-16(3,22)13(21)10-20/h13,21-22H,4-10H2,1-3H3/t13-,16+/m1/s1. The van der Waals surface area contributed by atoms with Gasteiger partial charge in [0.15, 0.2) is 0 Å². The average Bonchev–Trinajstić information content (AvgIpc) is 2.99. The van der Waals surface area contributed by atoms with Crippen molar-refractivity contribution in [3.63, 3.8) is 0 Å². The summed E-state index contributed by atoms with van der Waals surface area (Å²) in [5, 5.41) is 20.3. The summed E-state index contributed by atoms with van der Waals surface area (Å²) in [7, 11) is 0. The fourth-order valence-corrected chi connectivity index (χ4v) is 3.18. The molecule has 1 aromatic rings. The molecule has 122 valence electrons. The molecule has 1 aromatic heterocycles. The fraction of sp³-hybridized carbons (Fsp3) is 0.750. The number of aliphatic hydroxyl groups excluding tert-OH is 1. The van der Waals surface area contributed by atoms with Gasteiger partial charge in [-0.3, -0.25) is 0 Å².